The van der Waals surface area contributed by atoms with Gasteiger partial charge in [0.05, 0.1) is 18.6 Å². The molecule has 2 radical (unpaired) electrons. The van der Waals surface area contributed by atoms with E-state index in [-0.39, 0.29) is 0 Å². The molecular formula is C8H8BN3. The first-order valence-corrected chi connectivity index (χ1v) is 3.72. The molecule has 4 heteroatoms. The second-order valence-electron chi connectivity index (χ2n) is 2.63. The van der Waals surface area contributed by atoms with Crippen molar-refractivity contribution in [2.24, 2.45) is 0 Å². The average molecular weight is 157 g/mol. The highest BCUT2D eigenvalue weighted by molar-refractivity contribution is 6.05. The molecule has 12 heavy (non-hydrogen) atoms. The molecule has 2 heterocycles. The van der Waals surface area contributed by atoms with Crippen LogP contribution in [0.5, 0.6) is 0 Å². The smallest absolute Gasteiger partial charge is 0.228 e. The van der Waals surface area contributed by atoms with Crippen LogP contribution in [0.15, 0.2) is 36.9 Å². The first-order valence-electron chi connectivity index (χ1n) is 3.72. The monoisotopic (exact) mass is 157 g/mol. The molecule has 0 saturated carbocycles. The minimum absolute atomic E-state index is 0.686. The molecule has 0 unspecified atom stereocenters. The summed E-state index contributed by atoms with van der Waals surface area (Å²) in [5.74, 6) is 0. The lowest BCUT2D eigenvalue weighted by atomic mass is 10.3. The lowest BCUT2D eigenvalue weighted by molar-refractivity contribution is 0.647. The maximum absolute atomic E-state index is 5.55. The predicted octanol–water partition coefficient (Wildman–Crippen LogP) is 0.716. The van der Waals surface area contributed by atoms with Gasteiger partial charge in [0.1, 0.15) is 0 Å². The van der Waals surface area contributed by atoms with Crippen LogP contribution in [0.1, 0.15) is 0 Å². The fourth-order valence-corrected chi connectivity index (χ4v) is 1.13. The summed E-state index contributed by atoms with van der Waals surface area (Å²) in [7, 11) is 5.55. The van der Waals surface area contributed by atoms with Gasteiger partial charge in [-0.3, -0.25) is 4.98 Å². The van der Waals surface area contributed by atoms with Crippen LogP contribution in [0.4, 0.5) is 5.69 Å². The molecule has 0 spiro atoms. The zero-order valence-corrected chi connectivity index (χ0v) is 6.59. The third kappa shape index (κ3) is 1.28. The van der Waals surface area contributed by atoms with Crippen molar-refractivity contribution in [1.29, 1.82) is 0 Å². The van der Waals surface area contributed by atoms with E-state index < -0.39 is 0 Å². The van der Waals surface area contributed by atoms with Gasteiger partial charge in [0.15, 0.2) is 0 Å². The van der Waals surface area contributed by atoms with Crippen molar-refractivity contribution in [2.75, 3.05) is 11.6 Å². The third-order valence-electron chi connectivity index (χ3n) is 1.73. The molecule has 0 N–H and O–H groups in total. The summed E-state index contributed by atoms with van der Waals surface area (Å²) >= 11 is 0. The van der Waals surface area contributed by atoms with E-state index in [1.807, 2.05) is 35.6 Å². The maximum atomic E-state index is 5.55. The molecule has 1 aromatic rings. The van der Waals surface area contributed by atoms with Crippen LogP contribution in [0.25, 0.3) is 0 Å². The summed E-state index contributed by atoms with van der Waals surface area (Å²) in [6.45, 7) is 0.686. The molecule has 0 fully saturated rings. The molecule has 0 atom stereocenters. The second-order valence-corrected chi connectivity index (χ2v) is 2.63. The first kappa shape index (κ1) is 7.22. The van der Waals surface area contributed by atoms with Gasteiger partial charge in [0, 0.05) is 18.6 Å². The first-order chi connectivity index (χ1) is 5.86. The highest BCUT2D eigenvalue weighted by Gasteiger charge is 2.08. The van der Waals surface area contributed by atoms with E-state index in [1.54, 1.807) is 11.0 Å². The van der Waals surface area contributed by atoms with Gasteiger partial charge in [-0.2, -0.15) is 0 Å². The number of pyridine rings is 1. The van der Waals surface area contributed by atoms with E-state index in [4.69, 9.17) is 7.98 Å². The average Bonchev–Trinajstić information content (AvgIpc) is 2.54. The molecule has 0 aliphatic carbocycles. The molecule has 0 amide bonds. The second kappa shape index (κ2) is 2.89. The van der Waals surface area contributed by atoms with Crippen molar-refractivity contribution in [3.05, 3.63) is 36.9 Å². The lowest BCUT2D eigenvalue weighted by Gasteiger charge is -2.17. The Kier molecular flexibility index (Phi) is 1.74. The molecule has 2 rings (SSSR count). The van der Waals surface area contributed by atoms with Gasteiger partial charge in [-0.25, -0.2) is 0 Å². The Labute approximate surface area is 72.7 Å². The summed E-state index contributed by atoms with van der Waals surface area (Å²) in [6.07, 6.45) is 7.32. The molecule has 0 saturated heterocycles. The number of rotatable bonds is 1. The Morgan fingerprint density at radius 3 is 2.92 bits per heavy atom. The zero-order valence-electron chi connectivity index (χ0n) is 6.59. The van der Waals surface area contributed by atoms with Gasteiger partial charge in [-0.05, 0) is 12.1 Å². The van der Waals surface area contributed by atoms with Crippen molar-refractivity contribution in [1.82, 2.24) is 9.79 Å². The molecule has 0 bridgehead atoms. The molecule has 1 aliphatic heterocycles. The standard InChI is InChI=1S/C8H8BN3/c9-12-5-4-11(7-12)8-2-1-3-10-6-8/h1-6H,7H2. The zero-order chi connectivity index (χ0) is 8.39. The number of anilines is 1. The molecule has 0 aromatic carbocycles. The molecule has 1 aliphatic rings. The maximum Gasteiger partial charge on any atom is 0.228 e. The molecular weight excluding hydrogens is 149 g/mol. The molecule has 1 aromatic heterocycles. The Hall–Kier alpha value is -1.45. The van der Waals surface area contributed by atoms with E-state index in [0.29, 0.717) is 6.67 Å². The summed E-state index contributed by atoms with van der Waals surface area (Å²) in [5.41, 5.74) is 1.06. The summed E-state index contributed by atoms with van der Waals surface area (Å²) in [5, 5.41) is 0. The summed E-state index contributed by atoms with van der Waals surface area (Å²) < 4.78 is 0. The Bertz CT molecular complexity index is 286. The summed E-state index contributed by atoms with van der Waals surface area (Å²) in [4.78, 5) is 7.66. The van der Waals surface area contributed by atoms with E-state index in [9.17, 15) is 0 Å². The fourth-order valence-electron chi connectivity index (χ4n) is 1.13. The lowest BCUT2D eigenvalue weighted by Crippen LogP contribution is -2.22. The minimum atomic E-state index is 0.686. The van der Waals surface area contributed by atoms with Crippen molar-refractivity contribution < 1.29 is 0 Å². The minimum Gasteiger partial charge on any atom is -0.413 e. The van der Waals surface area contributed by atoms with Gasteiger partial charge in [0.2, 0.25) is 7.98 Å². The third-order valence-corrected chi connectivity index (χ3v) is 1.73. The van der Waals surface area contributed by atoms with Gasteiger partial charge in [-0.15, -0.1) is 0 Å². The fraction of sp³-hybridized carbons (Fsp3) is 0.125. The van der Waals surface area contributed by atoms with Crippen molar-refractivity contribution >= 4 is 13.7 Å². The quantitative estimate of drug-likeness (QED) is 0.559. The Morgan fingerprint density at radius 1 is 1.42 bits per heavy atom. The van der Waals surface area contributed by atoms with Crippen LogP contribution in [-0.4, -0.2) is 24.4 Å². The van der Waals surface area contributed by atoms with Crippen molar-refractivity contribution in [2.45, 2.75) is 0 Å². The van der Waals surface area contributed by atoms with Crippen LogP contribution in [0.3, 0.4) is 0 Å². The topological polar surface area (TPSA) is 19.4 Å². The van der Waals surface area contributed by atoms with Crippen molar-refractivity contribution in [3.8, 4) is 0 Å². The Morgan fingerprint density at radius 2 is 2.33 bits per heavy atom. The van der Waals surface area contributed by atoms with E-state index >= 15 is 0 Å². The number of hydrogen-bond acceptors (Lipinski definition) is 3. The SMILES string of the molecule is [B]N1C=CN(c2cccnc2)C1. The van der Waals surface area contributed by atoms with Crippen LogP contribution in [-0.2, 0) is 0 Å². The van der Waals surface area contributed by atoms with Crippen LogP contribution < -0.4 is 4.90 Å². The largest absolute Gasteiger partial charge is 0.413 e. The van der Waals surface area contributed by atoms with Gasteiger partial charge >= 0.3 is 0 Å². The van der Waals surface area contributed by atoms with Gasteiger partial charge in [0.25, 0.3) is 0 Å². The van der Waals surface area contributed by atoms with Crippen LogP contribution in [0.2, 0.25) is 0 Å². The van der Waals surface area contributed by atoms with Crippen LogP contribution >= 0.6 is 0 Å². The van der Waals surface area contributed by atoms with E-state index in [1.165, 1.54) is 0 Å². The van der Waals surface area contributed by atoms with Crippen LogP contribution in [0, 0.1) is 0 Å². The summed E-state index contributed by atoms with van der Waals surface area (Å²) in [6, 6.07) is 3.90. The van der Waals surface area contributed by atoms with Crippen molar-refractivity contribution in [3.63, 3.8) is 0 Å². The normalized spacial score (nSPS) is 15.7. The molecule has 58 valence electrons. The predicted molar refractivity (Wildman–Crippen MR) is 48.3 cm³/mol. The van der Waals surface area contributed by atoms with Gasteiger partial charge < -0.3 is 9.71 Å². The highest BCUT2D eigenvalue weighted by Crippen LogP contribution is 2.15. The Balaban J connectivity index is 2.18. The number of aromatic nitrogens is 1. The number of nitrogens with zero attached hydrogens (tertiary/aromatic N) is 3. The molecule has 3 nitrogen and oxygen atoms in total. The van der Waals surface area contributed by atoms with E-state index in [2.05, 4.69) is 4.98 Å². The highest BCUT2D eigenvalue weighted by atomic mass is 15.3. The van der Waals surface area contributed by atoms with E-state index in [0.717, 1.165) is 5.69 Å². The van der Waals surface area contributed by atoms with Gasteiger partial charge in [-0.1, -0.05) is 0 Å². The number of hydrogen-bond donors (Lipinski definition) is 0.